The van der Waals surface area contributed by atoms with E-state index in [1.54, 1.807) is 6.07 Å². The Kier molecular flexibility index (Phi) is 5.18. The van der Waals surface area contributed by atoms with Crippen molar-refractivity contribution in [2.24, 2.45) is 0 Å². The van der Waals surface area contributed by atoms with Crippen molar-refractivity contribution < 1.29 is 14.0 Å². The molecule has 2 amide bonds. The third-order valence-corrected chi connectivity index (χ3v) is 6.73. The molecular weight excluding hydrogens is 353 g/mol. The van der Waals surface area contributed by atoms with E-state index >= 15 is 0 Å². The highest BCUT2D eigenvalue weighted by Gasteiger charge is 2.35. The molecule has 3 aliphatic heterocycles. The summed E-state index contributed by atoms with van der Waals surface area (Å²) in [7, 11) is 0. The van der Waals surface area contributed by atoms with Crippen LogP contribution in [0.3, 0.4) is 0 Å². The van der Waals surface area contributed by atoms with Crippen LogP contribution in [-0.2, 0) is 9.59 Å². The third kappa shape index (κ3) is 3.60. The van der Waals surface area contributed by atoms with Crippen molar-refractivity contribution in [3.05, 3.63) is 29.6 Å². The van der Waals surface area contributed by atoms with Gasteiger partial charge in [-0.05, 0) is 48.1 Å². The molecule has 2 saturated heterocycles. The molecule has 140 valence electrons. The monoisotopic (exact) mass is 377 g/mol. The topological polar surface area (TPSA) is 52.7 Å². The Morgan fingerprint density at radius 2 is 1.88 bits per heavy atom. The van der Waals surface area contributed by atoms with Gasteiger partial charge in [-0.2, -0.15) is 11.8 Å². The van der Waals surface area contributed by atoms with Crippen molar-refractivity contribution in [1.29, 1.82) is 0 Å². The van der Waals surface area contributed by atoms with Gasteiger partial charge >= 0.3 is 0 Å². The number of thioether (sulfide) groups is 1. The third-order valence-electron chi connectivity index (χ3n) is 5.68. The Morgan fingerprint density at radius 3 is 2.62 bits per heavy atom. The van der Waals surface area contributed by atoms with Gasteiger partial charge in [-0.25, -0.2) is 4.39 Å². The number of carbonyl (C=O) groups excluding carboxylic acids is 2. The number of nitrogens with zero attached hydrogens (tertiary/aromatic N) is 2. The van der Waals surface area contributed by atoms with Crippen molar-refractivity contribution in [1.82, 2.24) is 9.80 Å². The Morgan fingerprint density at radius 1 is 1.15 bits per heavy atom. The van der Waals surface area contributed by atoms with Crippen LogP contribution in [0.2, 0.25) is 0 Å². The summed E-state index contributed by atoms with van der Waals surface area (Å²) in [6.07, 6.45) is 2.55. The smallest absolute Gasteiger partial charge is 0.230 e. The molecular formula is C19H24FN3O2S. The van der Waals surface area contributed by atoms with Gasteiger partial charge in [-0.15, -0.1) is 0 Å². The van der Waals surface area contributed by atoms with Gasteiger partial charge in [-0.1, -0.05) is 0 Å². The number of carbonyl (C=O) groups is 2. The van der Waals surface area contributed by atoms with E-state index in [0.717, 1.165) is 13.1 Å². The van der Waals surface area contributed by atoms with E-state index in [4.69, 9.17) is 0 Å². The molecule has 26 heavy (non-hydrogen) atoms. The average molecular weight is 377 g/mol. The van der Waals surface area contributed by atoms with Crippen molar-refractivity contribution in [3.63, 3.8) is 0 Å². The van der Waals surface area contributed by atoms with E-state index in [1.165, 1.54) is 36.5 Å². The van der Waals surface area contributed by atoms with Crippen molar-refractivity contribution >= 4 is 29.3 Å². The summed E-state index contributed by atoms with van der Waals surface area (Å²) in [6, 6.07) is 4.88. The Bertz CT molecular complexity index is 700. The van der Waals surface area contributed by atoms with E-state index in [9.17, 15) is 14.0 Å². The summed E-state index contributed by atoms with van der Waals surface area (Å²) in [6.45, 7) is 3.14. The standard InChI is InChI=1S/C19H24FN3O2S/c20-13-1-2-17-15(11-13)16(12-18(24)21-17)19(25)23-7-5-22(6-8-23)14-3-9-26-10-4-14/h1-2,11,14,16H,3-10,12H2,(H,21,24). The molecule has 1 aromatic rings. The van der Waals surface area contributed by atoms with Crippen LogP contribution in [0.15, 0.2) is 18.2 Å². The predicted molar refractivity (Wildman–Crippen MR) is 101 cm³/mol. The molecule has 0 saturated carbocycles. The molecule has 2 fully saturated rings. The van der Waals surface area contributed by atoms with Crippen LogP contribution >= 0.6 is 11.8 Å². The zero-order valence-corrected chi connectivity index (χ0v) is 15.6. The van der Waals surface area contributed by atoms with Gasteiger partial charge < -0.3 is 10.2 Å². The highest BCUT2D eigenvalue weighted by atomic mass is 32.2. The summed E-state index contributed by atoms with van der Waals surface area (Å²) < 4.78 is 13.7. The Labute approximate surface area is 157 Å². The molecule has 1 unspecified atom stereocenters. The van der Waals surface area contributed by atoms with Crippen molar-refractivity contribution in [3.8, 4) is 0 Å². The lowest BCUT2D eigenvalue weighted by atomic mass is 9.89. The van der Waals surface area contributed by atoms with Gasteiger partial charge in [0.25, 0.3) is 0 Å². The normalized spacial score (nSPS) is 24.9. The number of benzene rings is 1. The number of nitrogens with one attached hydrogen (secondary N) is 1. The molecule has 1 atom stereocenters. The minimum Gasteiger partial charge on any atom is -0.340 e. The van der Waals surface area contributed by atoms with Crippen LogP contribution in [0.1, 0.15) is 30.7 Å². The largest absolute Gasteiger partial charge is 0.340 e. The van der Waals surface area contributed by atoms with Crippen LogP contribution < -0.4 is 5.32 Å². The second-order valence-corrected chi connectivity index (χ2v) is 8.47. The van der Waals surface area contributed by atoms with E-state index in [-0.39, 0.29) is 24.1 Å². The molecule has 0 radical (unpaired) electrons. The molecule has 4 rings (SSSR count). The Hall–Kier alpha value is -1.60. The molecule has 3 aliphatic rings. The van der Waals surface area contributed by atoms with Gasteiger partial charge in [0.1, 0.15) is 5.82 Å². The molecule has 7 heteroatoms. The fraction of sp³-hybridized carbons (Fsp3) is 0.579. The minimum atomic E-state index is -0.577. The number of anilines is 1. The van der Waals surface area contributed by atoms with Crippen LogP contribution in [0.4, 0.5) is 10.1 Å². The zero-order chi connectivity index (χ0) is 18.1. The van der Waals surface area contributed by atoms with E-state index in [1.807, 2.05) is 16.7 Å². The lowest BCUT2D eigenvalue weighted by Crippen LogP contribution is -2.53. The van der Waals surface area contributed by atoms with Crippen LogP contribution in [0, 0.1) is 5.82 Å². The summed E-state index contributed by atoms with van der Waals surface area (Å²) in [5.74, 6) is 1.27. The van der Waals surface area contributed by atoms with Gasteiger partial charge in [0, 0.05) is 44.3 Å². The van der Waals surface area contributed by atoms with Crippen LogP contribution in [0.25, 0.3) is 0 Å². The van der Waals surface area contributed by atoms with Crippen LogP contribution in [-0.4, -0.2) is 65.3 Å². The molecule has 5 nitrogen and oxygen atoms in total. The average Bonchev–Trinajstić information content (AvgIpc) is 2.68. The summed E-state index contributed by atoms with van der Waals surface area (Å²) in [5.41, 5.74) is 1.15. The van der Waals surface area contributed by atoms with Crippen molar-refractivity contribution in [2.75, 3.05) is 43.0 Å². The lowest BCUT2D eigenvalue weighted by molar-refractivity contribution is -0.136. The second kappa shape index (κ2) is 7.56. The van der Waals surface area contributed by atoms with Gasteiger partial charge in [0.05, 0.1) is 5.92 Å². The molecule has 0 aromatic heterocycles. The first kappa shape index (κ1) is 17.8. The fourth-order valence-electron chi connectivity index (χ4n) is 4.23. The predicted octanol–water partition coefficient (Wildman–Crippen LogP) is 2.29. The number of hydrogen-bond acceptors (Lipinski definition) is 4. The molecule has 0 aliphatic carbocycles. The number of amides is 2. The summed E-state index contributed by atoms with van der Waals surface area (Å²) in [5, 5.41) is 2.74. The first-order chi connectivity index (χ1) is 12.6. The van der Waals surface area contributed by atoms with Gasteiger partial charge in [0.2, 0.25) is 11.8 Å². The molecule has 0 spiro atoms. The molecule has 1 N–H and O–H groups in total. The first-order valence-electron chi connectivity index (χ1n) is 9.31. The second-order valence-electron chi connectivity index (χ2n) is 7.24. The number of halogens is 1. The first-order valence-corrected chi connectivity index (χ1v) is 10.5. The quantitative estimate of drug-likeness (QED) is 0.859. The van der Waals surface area contributed by atoms with Gasteiger partial charge in [-0.3, -0.25) is 14.5 Å². The molecule has 3 heterocycles. The number of piperazine rings is 1. The fourth-order valence-corrected chi connectivity index (χ4v) is 5.31. The lowest BCUT2D eigenvalue weighted by Gasteiger charge is -2.41. The van der Waals surface area contributed by atoms with Crippen molar-refractivity contribution in [2.45, 2.75) is 31.2 Å². The maximum atomic E-state index is 13.7. The SMILES string of the molecule is O=C1CC(C(=O)N2CCN(C3CCSCC3)CC2)c2cc(F)ccc2N1. The summed E-state index contributed by atoms with van der Waals surface area (Å²) in [4.78, 5) is 29.4. The Balaban J connectivity index is 1.44. The summed E-state index contributed by atoms with van der Waals surface area (Å²) >= 11 is 2.02. The number of hydrogen-bond donors (Lipinski definition) is 1. The highest BCUT2D eigenvalue weighted by Crippen LogP contribution is 2.34. The van der Waals surface area contributed by atoms with E-state index < -0.39 is 5.92 Å². The number of fused-ring (bicyclic) bond motifs is 1. The maximum absolute atomic E-state index is 13.7. The van der Waals surface area contributed by atoms with E-state index in [0.29, 0.717) is 30.4 Å². The van der Waals surface area contributed by atoms with Gasteiger partial charge in [0.15, 0.2) is 0 Å². The maximum Gasteiger partial charge on any atom is 0.230 e. The van der Waals surface area contributed by atoms with E-state index in [2.05, 4.69) is 10.2 Å². The molecule has 0 bridgehead atoms. The van der Waals surface area contributed by atoms with Crippen LogP contribution in [0.5, 0.6) is 0 Å². The molecule has 1 aromatic carbocycles. The minimum absolute atomic E-state index is 0.0504. The zero-order valence-electron chi connectivity index (χ0n) is 14.7. The number of rotatable bonds is 2. The highest BCUT2D eigenvalue weighted by molar-refractivity contribution is 7.99.